The number of amides is 1. The summed E-state index contributed by atoms with van der Waals surface area (Å²) in [4.78, 5) is 35.3. The lowest BCUT2D eigenvalue weighted by atomic mass is 10.1. The number of benzene rings is 2. The maximum absolute atomic E-state index is 12.0. The third-order valence-corrected chi connectivity index (χ3v) is 3.57. The summed E-state index contributed by atoms with van der Waals surface area (Å²) in [6.45, 7) is 5.08. The number of carboxylic acid groups (broad SMARTS) is 1. The Bertz CT molecular complexity index is 824. The summed E-state index contributed by atoms with van der Waals surface area (Å²) in [6, 6.07) is 13.9. The Morgan fingerprint density at radius 2 is 1.61 bits per heavy atom. The van der Waals surface area contributed by atoms with Gasteiger partial charge < -0.3 is 19.9 Å². The Kier molecular flexibility index (Phi) is 6.76. The highest BCUT2D eigenvalue weighted by Crippen LogP contribution is 2.16. The number of carboxylic acids is 1. The summed E-state index contributed by atoms with van der Waals surface area (Å²) in [5.74, 6) is -1.32. The minimum atomic E-state index is -1.18. The van der Waals surface area contributed by atoms with E-state index in [1.54, 1.807) is 75.4 Å². The van der Waals surface area contributed by atoms with E-state index in [9.17, 15) is 19.5 Å². The number of carbonyl (C=O) groups excluding carboxylic acids is 2. The molecule has 2 rings (SSSR count). The molecule has 1 unspecified atom stereocenters. The normalized spacial score (nSPS) is 12.0. The lowest BCUT2D eigenvalue weighted by Gasteiger charge is -2.22. The molecule has 0 heterocycles. The Balaban J connectivity index is 1.98. The number of hydrogen-bond acceptors (Lipinski definition) is 5. The first-order chi connectivity index (χ1) is 13.1. The molecule has 0 radical (unpaired) electrons. The topological polar surface area (TPSA) is 102 Å². The third-order valence-electron chi connectivity index (χ3n) is 3.57. The van der Waals surface area contributed by atoms with Crippen molar-refractivity contribution in [3.63, 3.8) is 0 Å². The lowest BCUT2D eigenvalue weighted by Crippen LogP contribution is -2.44. The third kappa shape index (κ3) is 6.75. The number of aliphatic carboxylic acids is 1. The second kappa shape index (κ2) is 9.03. The highest BCUT2D eigenvalue weighted by Gasteiger charge is 2.24. The molecule has 0 aliphatic rings. The molecule has 2 N–H and O–H groups in total. The highest BCUT2D eigenvalue weighted by atomic mass is 16.6. The second-order valence-corrected chi connectivity index (χ2v) is 7.14. The van der Waals surface area contributed by atoms with E-state index in [2.05, 4.69) is 5.32 Å². The zero-order valence-electron chi connectivity index (χ0n) is 16.0. The van der Waals surface area contributed by atoms with E-state index in [4.69, 9.17) is 9.47 Å². The first-order valence-corrected chi connectivity index (χ1v) is 8.72. The number of esters is 1. The van der Waals surface area contributed by atoms with Crippen LogP contribution in [-0.2, 0) is 16.0 Å². The maximum Gasteiger partial charge on any atom is 0.408 e. The van der Waals surface area contributed by atoms with Crippen LogP contribution in [0.5, 0.6) is 5.75 Å². The standard InChI is InChI=1S/C21H23NO6/c1-21(2,3)28-20(26)22-17(18(23)24)13-14-9-11-16(12-10-14)27-19(25)15-7-5-4-6-8-15/h4-12,17H,13H2,1-3H3,(H,22,26)(H,23,24). The van der Waals surface area contributed by atoms with Gasteiger partial charge in [-0.25, -0.2) is 14.4 Å². The molecular formula is C21H23NO6. The average molecular weight is 385 g/mol. The molecule has 0 aliphatic heterocycles. The van der Waals surface area contributed by atoms with Gasteiger partial charge in [0, 0.05) is 6.42 Å². The van der Waals surface area contributed by atoms with E-state index in [-0.39, 0.29) is 6.42 Å². The van der Waals surface area contributed by atoms with Gasteiger partial charge in [-0.05, 0) is 50.6 Å². The van der Waals surface area contributed by atoms with Crippen molar-refractivity contribution < 1.29 is 29.0 Å². The molecular weight excluding hydrogens is 362 g/mol. The Hall–Kier alpha value is -3.35. The fourth-order valence-corrected chi connectivity index (χ4v) is 2.32. The van der Waals surface area contributed by atoms with Crippen LogP contribution in [0.25, 0.3) is 0 Å². The van der Waals surface area contributed by atoms with Gasteiger partial charge in [0.1, 0.15) is 17.4 Å². The summed E-state index contributed by atoms with van der Waals surface area (Å²) in [5.41, 5.74) is 0.360. The van der Waals surface area contributed by atoms with E-state index >= 15 is 0 Å². The maximum atomic E-state index is 12.0. The number of hydrogen-bond donors (Lipinski definition) is 2. The zero-order valence-corrected chi connectivity index (χ0v) is 16.0. The van der Waals surface area contributed by atoms with Crippen molar-refractivity contribution in [1.82, 2.24) is 5.32 Å². The molecule has 2 aromatic rings. The SMILES string of the molecule is CC(C)(C)OC(=O)NC(Cc1ccc(OC(=O)c2ccccc2)cc1)C(=O)O. The first kappa shape index (κ1) is 21.0. The van der Waals surface area contributed by atoms with E-state index in [1.165, 1.54) is 0 Å². The molecule has 1 amide bonds. The van der Waals surface area contributed by atoms with Crippen LogP contribution in [0, 0.1) is 0 Å². The first-order valence-electron chi connectivity index (χ1n) is 8.72. The fourth-order valence-electron chi connectivity index (χ4n) is 2.32. The van der Waals surface area contributed by atoms with Gasteiger partial charge in [-0.2, -0.15) is 0 Å². The fraction of sp³-hybridized carbons (Fsp3) is 0.286. The van der Waals surface area contributed by atoms with Crippen LogP contribution >= 0.6 is 0 Å². The van der Waals surface area contributed by atoms with Crippen molar-refractivity contribution >= 4 is 18.0 Å². The summed E-state index contributed by atoms with van der Waals surface area (Å²) in [5, 5.41) is 11.7. The second-order valence-electron chi connectivity index (χ2n) is 7.14. The van der Waals surface area contributed by atoms with Gasteiger partial charge in [0.25, 0.3) is 0 Å². The minimum absolute atomic E-state index is 0.0570. The van der Waals surface area contributed by atoms with Crippen LogP contribution in [-0.4, -0.2) is 34.8 Å². The Labute approximate surface area is 163 Å². The predicted molar refractivity (Wildman–Crippen MR) is 102 cm³/mol. The van der Waals surface area contributed by atoms with Gasteiger partial charge in [0.05, 0.1) is 5.56 Å². The Morgan fingerprint density at radius 1 is 1.00 bits per heavy atom. The predicted octanol–water partition coefficient (Wildman–Crippen LogP) is 3.43. The molecule has 0 spiro atoms. The van der Waals surface area contributed by atoms with Crippen LogP contribution in [0.1, 0.15) is 36.7 Å². The molecule has 0 aliphatic carbocycles. The van der Waals surface area contributed by atoms with Crippen LogP contribution in [0.3, 0.4) is 0 Å². The van der Waals surface area contributed by atoms with E-state index in [0.717, 1.165) is 0 Å². The molecule has 2 aromatic carbocycles. The van der Waals surface area contributed by atoms with E-state index in [0.29, 0.717) is 16.9 Å². The number of carbonyl (C=O) groups is 3. The summed E-state index contributed by atoms with van der Waals surface area (Å²) in [7, 11) is 0. The molecule has 0 saturated carbocycles. The van der Waals surface area contributed by atoms with Gasteiger partial charge in [0.2, 0.25) is 0 Å². The van der Waals surface area contributed by atoms with Crippen molar-refractivity contribution in [2.24, 2.45) is 0 Å². The van der Waals surface area contributed by atoms with Gasteiger partial charge in [-0.3, -0.25) is 0 Å². The van der Waals surface area contributed by atoms with Crippen molar-refractivity contribution in [3.8, 4) is 5.75 Å². The zero-order chi connectivity index (χ0) is 20.7. The van der Waals surface area contributed by atoms with Crippen LogP contribution in [0.2, 0.25) is 0 Å². The summed E-state index contributed by atoms with van der Waals surface area (Å²) >= 11 is 0. The number of rotatable bonds is 6. The molecule has 148 valence electrons. The largest absolute Gasteiger partial charge is 0.480 e. The van der Waals surface area contributed by atoms with Gasteiger partial charge in [-0.1, -0.05) is 30.3 Å². The quantitative estimate of drug-likeness (QED) is 0.583. The van der Waals surface area contributed by atoms with Crippen molar-refractivity contribution in [3.05, 3.63) is 65.7 Å². The molecule has 1 atom stereocenters. The van der Waals surface area contributed by atoms with Gasteiger partial charge in [0.15, 0.2) is 0 Å². The molecule has 0 aromatic heterocycles. The smallest absolute Gasteiger partial charge is 0.408 e. The minimum Gasteiger partial charge on any atom is -0.480 e. The molecule has 0 bridgehead atoms. The van der Waals surface area contributed by atoms with Gasteiger partial charge >= 0.3 is 18.0 Å². The average Bonchev–Trinajstić information content (AvgIpc) is 2.61. The Morgan fingerprint density at radius 3 is 2.14 bits per heavy atom. The molecule has 0 saturated heterocycles. The number of ether oxygens (including phenoxy) is 2. The number of nitrogens with one attached hydrogen (secondary N) is 1. The van der Waals surface area contributed by atoms with Crippen LogP contribution in [0.15, 0.2) is 54.6 Å². The monoisotopic (exact) mass is 385 g/mol. The van der Waals surface area contributed by atoms with Crippen LogP contribution in [0.4, 0.5) is 4.79 Å². The highest BCUT2D eigenvalue weighted by molar-refractivity contribution is 5.90. The van der Waals surface area contributed by atoms with Crippen molar-refractivity contribution in [2.75, 3.05) is 0 Å². The summed E-state index contributed by atoms with van der Waals surface area (Å²) < 4.78 is 10.4. The van der Waals surface area contributed by atoms with Gasteiger partial charge in [-0.15, -0.1) is 0 Å². The van der Waals surface area contributed by atoms with Crippen LogP contribution < -0.4 is 10.1 Å². The molecule has 7 nitrogen and oxygen atoms in total. The van der Waals surface area contributed by atoms with Crippen molar-refractivity contribution in [2.45, 2.75) is 38.8 Å². The molecule has 28 heavy (non-hydrogen) atoms. The van der Waals surface area contributed by atoms with Crippen molar-refractivity contribution in [1.29, 1.82) is 0 Å². The van der Waals surface area contributed by atoms with E-state index in [1.807, 2.05) is 0 Å². The van der Waals surface area contributed by atoms with E-state index < -0.39 is 29.7 Å². The summed E-state index contributed by atoms with van der Waals surface area (Å²) in [6.07, 6.45) is -0.741. The molecule has 0 fully saturated rings. The lowest BCUT2D eigenvalue weighted by molar-refractivity contribution is -0.139. The number of alkyl carbamates (subject to hydrolysis) is 1. The molecule has 7 heteroatoms.